The second kappa shape index (κ2) is 9.79. The minimum atomic E-state index is -0.0687. The van der Waals surface area contributed by atoms with Gasteiger partial charge in [0.15, 0.2) is 0 Å². The van der Waals surface area contributed by atoms with Crippen LogP contribution < -0.4 is 16.0 Å². The Bertz CT molecular complexity index is 1150. The Kier molecular flexibility index (Phi) is 6.59. The summed E-state index contributed by atoms with van der Waals surface area (Å²) in [5.74, 6) is 0. The zero-order valence-electron chi connectivity index (χ0n) is 20.6. The van der Waals surface area contributed by atoms with Crippen LogP contribution in [-0.2, 0) is 23.3 Å². The van der Waals surface area contributed by atoms with Gasteiger partial charge in [-0.15, -0.1) is 0 Å². The number of fused-ring (bicyclic) bond motifs is 2. The Morgan fingerprint density at radius 2 is 1.76 bits per heavy atom. The first-order valence-corrected chi connectivity index (χ1v) is 12.5. The molecule has 1 saturated heterocycles. The largest absolute Gasteiger partial charge is 0.377 e. The summed E-state index contributed by atoms with van der Waals surface area (Å²) >= 11 is 0. The fraction of sp³-hybridized carbons (Fsp3) is 0.379. The molecular formula is C29H36N4O. The molecule has 0 radical (unpaired) electrons. The van der Waals surface area contributed by atoms with E-state index in [1.54, 1.807) is 0 Å². The predicted molar refractivity (Wildman–Crippen MR) is 141 cm³/mol. The molecule has 0 atom stereocenters. The van der Waals surface area contributed by atoms with Crippen LogP contribution >= 0.6 is 0 Å². The van der Waals surface area contributed by atoms with Gasteiger partial charge in [-0.1, -0.05) is 50.2 Å². The van der Waals surface area contributed by atoms with Crippen LogP contribution in [0.3, 0.4) is 0 Å². The van der Waals surface area contributed by atoms with Gasteiger partial charge in [-0.3, -0.25) is 4.90 Å². The van der Waals surface area contributed by atoms with Gasteiger partial charge in [0.25, 0.3) is 0 Å². The maximum absolute atomic E-state index is 5.65. The minimum absolute atomic E-state index is 0.0687. The first-order valence-electron chi connectivity index (χ1n) is 12.5. The quantitative estimate of drug-likeness (QED) is 0.422. The Labute approximate surface area is 203 Å². The number of hydrogen-bond acceptors (Lipinski definition) is 5. The highest BCUT2D eigenvalue weighted by molar-refractivity contribution is 5.79. The van der Waals surface area contributed by atoms with Gasteiger partial charge in [0.1, 0.15) is 0 Å². The van der Waals surface area contributed by atoms with E-state index in [0.29, 0.717) is 13.2 Å². The summed E-state index contributed by atoms with van der Waals surface area (Å²) in [6.07, 6.45) is 0. The average molecular weight is 457 g/mol. The molecule has 1 fully saturated rings. The fourth-order valence-electron chi connectivity index (χ4n) is 5.14. The van der Waals surface area contributed by atoms with E-state index in [1.807, 2.05) is 6.92 Å². The number of benzene rings is 3. The number of piperazine rings is 1. The van der Waals surface area contributed by atoms with E-state index in [2.05, 4.69) is 95.4 Å². The molecule has 0 saturated carbocycles. The maximum atomic E-state index is 5.65. The van der Waals surface area contributed by atoms with Crippen LogP contribution in [0.25, 0.3) is 0 Å². The average Bonchev–Trinajstić information content (AvgIpc) is 2.84. The summed E-state index contributed by atoms with van der Waals surface area (Å²) in [5, 5.41) is 10.8. The second-order valence-electron chi connectivity index (χ2n) is 9.84. The van der Waals surface area contributed by atoms with Crippen LogP contribution in [0.1, 0.15) is 43.0 Å². The number of nitrogens with one attached hydrogen (secondary N) is 3. The van der Waals surface area contributed by atoms with E-state index in [1.165, 1.54) is 28.1 Å². The maximum Gasteiger partial charge on any atom is 0.0736 e. The van der Waals surface area contributed by atoms with E-state index >= 15 is 0 Å². The van der Waals surface area contributed by atoms with Gasteiger partial charge in [-0.25, -0.2) is 0 Å². The first-order chi connectivity index (χ1) is 16.5. The summed E-state index contributed by atoms with van der Waals surface area (Å²) in [6, 6.07) is 22.0. The third-order valence-corrected chi connectivity index (χ3v) is 7.09. The van der Waals surface area contributed by atoms with E-state index in [-0.39, 0.29) is 5.41 Å². The zero-order chi connectivity index (χ0) is 23.5. The third kappa shape index (κ3) is 4.69. The van der Waals surface area contributed by atoms with Crippen LogP contribution in [0, 0.1) is 0 Å². The van der Waals surface area contributed by atoms with Crippen LogP contribution in [-0.4, -0.2) is 37.7 Å². The van der Waals surface area contributed by atoms with Crippen molar-refractivity contribution in [1.29, 1.82) is 0 Å². The molecular weight excluding hydrogens is 420 g/mol. The van der Waals surface area contributed by atoms with Gasteiger partial charge in [0.05, 0.1) is 6.61 Å². The van der Waals surface area contributed by atoms with Crippen molar-refractivity contribution in [3.8, 4) is 0 Å². The summed E-state index contributed by atoms with van der Waals surface area (Å²) in [7, 11) is 0. The van der Waals surface area contributed by atoms with Crippen molar-refractivity contribution in [2.24, 2.45) is 0 Å². The van der Waals surface area contributed by atoms with Crippen molar-refractivity contribution in [2.75, 3.05) is 43.4 Å². The molecule has 2 heterocycles. The summed E-state index contributed by atoms with van der Waals surface area (Å²) in [4.78, 5) is 2.54. The molecule has 0 unspecified atom stereocenters. The van der Waals surface area contributed by atoms with Gasteiger partial charge in [0.2, 0.25) is 0 Å². The van der Waals surface area contributed by atoms with Gasteiger partial charge >= 0.3 is 0 Å². The molecule has 0 spiro atoms. The van der Waals surface area contributed by atoms with Crippen LogP contribution in [0.15, 0.2) is 60.7 Å². The lowest BCUT2D eigenvalue weighted by atomic mass is 9.74. The molecule has 5 nitrogen and oxygen atoms in total. The van der Waals surface area contributed by atoms with E-state index < -0.39 is 0 Å². The fourth-order valence-corrected chi connectivity index (χ4v) is 5.14. The van der Waals surface area contributed by atoms with Crippen molar-refractivity contribution >= 4 is 22.7 Å². The molecule has 178 valence electrons. The topological polar surface area (TPSA) is 48.6 Å². The monoisotopic (exact) mass is 456 g/mol. The van der Waals surface area contributed by atoms with Crippen molar-refractivity contribution in [3.63, 3.8) is 0 Å². The smallest absolute Gasteiger partial charge is 0.0736 e. The Balaban J connectivity index is 1.39. The highest BCUT2D eigenvalue weighted by Gasteiger charge is 2.33. The van der Waals surface area contributed by atoms with E-state index in [4.69, 9.17) is 4.74 Å². The Morgan fingerprint density at radius 1 is 0.941 bits per heavy atom. The van der Waals surface area contributed by atoms with Crippen molar-refractivity contribution in [2.45, 2.75) is 39.3 Å². The number of rotatable bonds is 7. The lowest BCUT2D eigenvalue weighted by Crippen LogP contribution is -2.42. The molecule has 5 heteroatoms. The SMILES string of the molecule is CCOCc1ccccc1Nc1ccc2c(c1)Nc1ccc(CN3CCNCC3)cc1C2(C)C. The number of para-hydroxylation sites is 1. The first kappa shape index (κ1) is 22.9. The molecule has 0 bridgehead atoms. The molecule has 3 aromatic rings. The van der Waals surface area contributed by atoms with Gasteiger partial charge in [-0.2, -0.15) is 0 Å². The number of ether oxygens (including phenoxy) is 1. The standard InChI is InChI=1S/C29H36N4O/c1-4-34-20-22-7-5-6-8-26(22)31-23-10-11-24-28(18-23)32-27-12-9-21(17-25(27)29(24,2)3)19-33-15-13-30-14-16-33/h5-12,17-18,30-32H,4,13-16,19-20H2,1-3H3. The van der Waals surface area contributed by atoms with Gasteiger partial charge < -0.3 is 20.7 Å². The van der Waals surface area contributed by atoms with Crippen LogP contribution in [0.5, 0.6) is 0 Å². The summed E-state index contributed by atoms with van der Waals surface area (Å²) in [5.41, 5.74) is 9.72. The molecule has 5 rings (SSSR count). The van der Waals surface area contributed by atoms with Crippen molar-refractivity contribution in [3.05, 3.63) is 82.9 Å². The number of hydrogen-bond donors (Lipinski definition) is 3. The van der Waals surface area contributed by atoms with Gasteiger partial charge in [-0.05, 0) is 47.9 Å². The predicted octanol–water partition coefficient (Wildman–Crippen LogP) is 5.75. The Hall–Kier alpha value is -2.86. The van der Waals surface area contributed by atoms with Crippen LogP contribution in [0.4, 0.5) is 22.7 Å². The van der Waals surface area contributed by atoms with Gasteiger partial charge in [0, 0.05) is 73.1 Å². The lowest BCUT2D eigenvalue weighted by molar-refractivity contribution is 0.134. The van der Waals surface area contributed by atoms with Crippen LogP contribution in [0.2, 0.25) is 0 Å². The Morgan fingerprint density at radius 3 is 2.59 bits per heavy atom. The lowest BCUT2D eigenvalue weighted by Gasteiger charge is -2.37. The molecule has 2 aliphatic rings. The van der Waals surface area contributed by atoms with Crippen molar-refractivity contribution in [1.82, 2.24) is 10.2 Å². The highest BCUT2D eigenvalue weighted by Crippen LogP contribution is 2.46. The number of anilines is 4. The molecule has 0 amide bonds. The molecule has 34 heavy (non-hydrogen) atoms. The molecule has 0 aliphatic carbocycles. The second-order valence-corrected chi connectivity index (χ2v) is 9.84. The van der Waals surface area contributed by atoms with Crippen molar-refractivity contribution < 1.29 is 4.74 Å². The minimum Gasteiger partial charge on any atom is -0.377 e. The molecule has 3 N–H and O–H groups in total. The van der Waals surface area contributed by atoms with E-state index in [0.717, 1.165) is 49.7 Å². The highest BCUT2D eigenvalue weighted by atomic mass is 16.5. The summed E-state index contributed by atoms with van der Waals surface area (Å²) in [6.45, 7) is 13.4. The van der Waals surface area contributed by atoms with E-state index in [9.17, 15) is 0 Å². The zero-order valence-corrected chi connectivity index (χ0v) is 20.6. The molecule has 3 aromatic carbocycles. The normalized spacial score (nSPS) is 16.9. The molecule has 0 aromatic heterocycles. The third-order valence-electron chi connectivity index (χ3n) is 7.09. The summed E-state index contributed by atoms with van der Waals surface area (Å²) < 4.78 is 5.65. The number of nitrogens with zero attached hydrogens (tertiary/aromatic N) is 1. The molecule has 2 aliphatic heterocycles.